The van der Waals surface area contributed by atoms with Crippen LogP contribution in [0.3, 0.4) is 0 Å². The molecule has 1 N–H and O–H groups in total. The van der Waals surface area contributed by atoms with Gasteiger partial charge in [0.25, 0.3) is 11.8 Å². The van der Waals surface area contributed by atoms with Gasteiger partial charge < -0.3 is 0 Å². The van der Waals surface area contributed by atoms with Gasteiger partial charge in [-0.1, -0.05) is 19.6 Å². The molecule has 0 spiro atoms. The molecule has 0 aromatic heterocycles. The predicted octanol–water partition coefficient (Wildman–Crippen LogP) is 0.0530. The van der Waals surface area contributed by atoms with Gasteiger partial charge >= 0.3 is 0 Å². The minimum absolute atomic E-state index is 0.123. The van der Waals surface area contributed by atoms with Gasteiger partial charge in [0.15, 0.2) is 0 Å². The normalized spacial score (nSPS) is 24.1. The molecule has 0 aliphatic carbocycles. The Hall–Kier alpha value is -2.24. The zero-order valence-electron chi connectivity index (χ0n) is 10.6. The highest BCUT2D eigenvalue weighted by molar-refractivity contribution is 6.22. The number of nitrogens with one attached hydrogen (secondary N) is 1. The van der Waals surface area contributed by atoms with Gasteiger partial charge in [-0.2, -0.15) is 0 Å². The third-order valence-electron chi connectivity index (χ3n) is 3.33. The summed E-state index contributed by atoms with van der Waals surface area (Å²) in [5, 5.41) is 2.14. The second kappa shape index (κ2) is 4.79. The van der Waals surface area contributed by atoms with E-state index in [1.54, 1.807) is 6.92 Å². The van der Waals surface area contributed by atoms with Crippen LogP contribution in [0.4, 0.5) is 0 Å². The van der Waals surface area contributed by atoms with Gasteiger partial charge in [0, 0.05) is 17.6 Å². The number of nitrogens with zero attached hydrogens (tertiary/aromatic N) is 1. The van der Waals surface area contributed by atoms with Crippen molar-refractivity contribution in [1.29, 1.82) is 0 Å². The highest BCUT2D eigenvalue weighted by Crippen LogP contribution is 2.28. The molecule has 1 atom stereocenters. The van der Waals surface area contributed by atoms with Crippen LogP contribution in [-0.4, -0.2) is 34.6 Å². The second-order valence-corrected chi connectivity index (χ2v) is 4.40. The number of rotatable bonds is 3. The van der Waals surface area contributed by atoms with Gasteiger partial charge in [-0.25, -0.2) is 0 Å². The van der Waals surface area contributed by atoms with Gasteiger partial charge in [0.1, 0.15) is 6.04 Å². The van der Waals surface area contributed by atoms with Crippen LogP contribution in [0, 0.1) is 0 Å². The molecule has 100 valence electrons. The van der Waals surface area contributed by atoms with Crippen molar-refractivity contribution >= 4 is 23.6 Å². The molecule has 2 aliphatic rings. The number of carbonyl (C=O) groups excluding carboxylic acids is 4. The fraction of sp³-hybridized carbons (Fsp3) is 0.385. The molecule has 6 nitrogen and oxygen atoms in total. The predicted molar refractivity (Wildman–Crippen MR) is 65.5 cm³/mol. The molecular formula is C13H14N2O4. The molecular weight excluding hydrogens is 248 g/mol. The van der Waals surface area contributed by atoms with Crippen molar-refractivity contribution in [3.63, 3.8) is 0 Å². The Balaban J connectivity index is 2.31. The summed E-state index contributed by atoms with van der Waals surface area (Å²) in [4.78, 5) is 48.1. The van der Waals surface area contributed by atoms with E-state index >= 15 is 0 Å². The first kappa shape index (κ1) is 13.2. The highest BCUT2D eigenvalue weighted by Gasteiger charge is 2.44. The lowest BCUT2D eigenvalue weighted by Gasteiger charge is -2.28. The van der Waals surface area contributed by atoms with Crippen LogP contribution in [0.15, 0.2) is 23.8 Å². The summed E-state index contributed by atoms with van der Waals surface area (Å²) in [6.07, 6.45) is 2.03. The van der Waals surface area contributed by atoms with Crippen LogP contribution < -0.4 is 5.32 Å². The standard InChI is InChI=1S/C13H14N2O4/c1-3-7-8(4-2)13(19)15(12(7)18)9-5-6-10(16)14-11(9)17/h3,9H,1,4-6H2,2H3,(H,14,16,17). The molecule has 6 heteroatoms. The van der Waals surface area contributed by atoms with Crippen LogP contribution in [0.5, 0.6) is 0 Å². The Bertz CT molecular complexity index is 533. The Morgan fingerprint density at radius 1 is 1.32 bits per heavy atom. The molecule has 0 radical (unpaired) electrons. The number of hydrogen-bond acceptors (Lipinski definition) is 4. The monoisotopic (exact) mass is 262 g/mol. The molecule has 0 saturated carbocycles. The smallest absolute Gasteiger partial charge is 0.261 e. The van der Waals surface area contributed by atoms with Gasteiger partial charge in [0.2, 0.25) is 11.8 Å². The molecule has 1 saturated heterocycles. The number of amides is 4. The van der Waals surface area contributed by atoms with Crippen molar-refractivity contribution in [3.05, 3.63) is 23.8 Å². The van der Waals surface area contributed by atoms with E-state index in [0.717, 1.165) is 4.90 Å². The SMILES string of the molecule is C=CC1=C(CC)C(=O)N(C2CCC(=O)NC2=O)C1=O. The lowest BCUT2D eigenvalue weighted by atomic mass is 10.0. The third kappa shape index (κ3) is 1.99. The topological polar surface area (TPSA) is 83.6 Å². The van der Waals surface area contributed by atoms with Crippen LogP contribution >= 0.6 is 0 Å². The molecule has 1 unspecified atom stereocenters. The van der Waals surface area contributed by atoms with E-state index in [1.807, 2.05) is 0 Å². The van der Waals surface area contributed by atoms with E-state index in [-0.39, 0.29) is 24.3 Å². The van der Waals surface area contributed by atoms with Crippen molar-refractivity contribution < 1.29 is 19.2 Å². The summed E-state index contributed by atoms with van der Waals surface area (Å²) in [5.41, 5.74) is 0.613. The molecule has 0 aromatic rings. The lowest BCUT2D eigenvalue weighted by Crippen LogP contribution is -2.54. The van der Waals surface area contributed by atoms with Gasteiger partial charge in [0.05, 0.1) is 0 Å². The summed E-state index contributed by atoms with van der Waals surface area (Å²) >= 11 is 0. The maximum atomic E-state index is 12.2. The molecule has 2 heterocycles. The van der Waals surface area contributed by atoms with Crippen LogP contribution in [-0.2, 0) is 19.2 Å². The minimum Gasteiger partial charge on any atom is -0.295 e. The average molecular weight is 262 g/mol. The van der Waals surface area contributed by atoms with Crippen LogP contribution in [0.25, 0.3) is 0 Å². The molecule has 1 fully saturated rings. The Morgan fingerprint density at radius 3 is 2.47 bits per heavy atom. The summed E-state index contributed by atoms with van der Waals surface area (Å²) in [5.74, 6) is -1.95. The lowest BCUT2D eigenvalue weighted by molar-refractivity contribution is -0.150. The van der Waals surface area contributed by atoms with Crippen LogP contribution in [0.2, 0.25) is 0 Å². The van der Waals surface area contributed by atoms with E-state index in [0.29, 0.717) is 12.0 Å². The van der Waals surface area contributed by atoms with Crippen molar-refractivity contribution in [2.75, 3.05) is 0 Å². The molecule has 2 aliphatic heterocycles. The summed E-state index contributed by atoms with van der Waals surface area (Å²) < 4.78 is 0. The highest BCUT2D eigenvalue weighted by atomic mass is 16.2. The molecule has 19 heavy (non-hydrogen) atoms. The largest absolute Gasteiger partial charge is 0.295 e. The first-order chi connectivity index (χ1) is 9.01. The summed E-state index contributed by atoms with van der Waals surface area (Å²) in [6.45, 7) is 5.29. The molecule has 0 bridgehead atoms. The zero-order valence-corrected chi connectivity index (χ0v) is 10.6. The number of piperidine rings is 1. The first-order valence-electron chi connectivity index (χ1n) is 6.08. The number of carbonyl (C=O) groups is 4. The van der Waals surface area contributed by atoms with Gasteiger partial charge in [-0.05, 0) is 12.8 Å². The van der Waals surface area contributed by atoms with E-state index in [4.69, 9.17) is 0 Å². The van der Waals surface area contributed by atoms with Crippen molar-refractivity contribution in [2.24, 2.45) is 0 Å². The quantitative estimate of drug-likeness (QED) is 0.729. The zero-order chi connectivity index (χ0) is 14.2. The minimum atomic E-state index is -0.906. The number of hydrogen-bond donors (Lipinski definition) is 1. The maximum Gasteiger partial charge on any atom is 0.261 e. The number of imide groups is 2. The molecule has 4 amide bonds. The molecule has 2 rings (SSSR count). The average Bonchev–Trinajstić information content (AvgIpc) is 2.61. The second-order valence-electron chi connectivity index (χ2n) is 4.40. The first-order valence-corrected chi connectivity index (χ1v) is 6.08. The summed E-state index contributed by atoms with van der Waals surface area (Å²) in [6, 6.07) is -0.906. The van der Waals surface area contributed by atoms with E-state index < -0.39 is 23.8 Å². The van der Waals surface area contributed by atoms with E-state index in [2.05, 4.69) is 11.9 Å². The van der Waals surface area contributed by atoms with E-state index in [1.165, 1.54) is 6.08 Å². The third-order valence-corrected chi connectivity index (χ3v) is 3.33. The van der Waals surface area contributed by atoms with Gasteiger partial charge in [-0.3, -0.25) is 29.4 Å². The van der Waals surface area contributed by atoms with Crippen LogP contribution in [0.1, 0.15) is 26.2 Å². The maximum absolute atomic E-state index is 12.2. The van der Waals surface area contributed by atoms with E-state index in [9.17, 15) is 19.2 Å². The Kier molecular flexibility index (Phi) is 3.33. The van der Waals surface area contributed by atoms with Crippen molar-refractivity contribution in [3.8, 4) is 0 Å². The fourth-order valence-electron chi connectivity index (χ4n) is 2.38. The Morgan fingerprint density at radius 2 is 2.00 bits per heavy atom. The fourth-order valence-corrected chi connectivity index (χ4v) is 2.38. The molecule has 0 aromatic carbocycles. The van der Waals surface area contributed by atoms with Crippen molar-refractivity contribution in [1.82, 2.24) is 10.2 Å². The van der Waals surface area contributed by atoms with Crippen molar-refractivity contribution in [2.45, 2.75) is 32.2 Å². The summed E-state index contributed by atoms with van der Waals surface area (Å²) in [7, 11) is 0. The van der Waals surface area contributed by atoms with Gasteiger partial charge in [-0.15, -0.1) is 0 Å². The Labute approximate surface area is 110 Å².